The van der Waals surface area contributed by atoms with Gasteiger partial charge < -0.3 is 11.1 Å². The van der Waals surface area contributed by atoms with Crippen molar-refractivity contribution in [2.75, 3.05) is 12.4 Å². The molecule has 9 heteroatoms. The Hall–Kier alpha value is -2.42. The highest BCUT2D eigenvalue weighted by Gasteiger charge is 2.25. The summed E-state index contributed by atoms with van der Waals surface area (Å²) in [5.41, 5.74) is 5.91. The van der Waals surface area contributed by atoms with E-state index in [-0.39, 0.29) is 21.5 Å². The lowest BCUT2D eigenvalue weighted by atomic mass is 10.1. The van der Waals surface area contributed by atoms with Crippen LogP contribution in [0.25, 0.3) is 0 Å². The minimum absolute atomic E-state index is 0.0221. The van der Waals surface area contributed by atoms with E-state index in [1.54, 1.807) is 13.8 Å². The van der Waals surface area contributed by atoms with Crippen molar-refractivity contribution in [3.63, 3.8) is 0 Å². The number of nitrogens with zero attached hydrogens (tertiary/aromatic N) is 1. The molecular formula is C18H20ClN3O4S. The van der Waals surface area contributed by atoms with Gasteiger partial charge in [-0.2, -0.15) is 4.31 Å². The van der Waals surface area contributed by atoms with Crippen LogP contribution in [0, 0.1) is 0 Å². The summed E-state index contributed by atoms with van der Waals surface area (Å²) in [6.45, 7) is 3.49. The van der Waals surface area contributed by atoms with E-state index in [1.165, 1.54) is 53.8 Å². The molecule has 144 valence electrons. The Labute approximate surface area is 163 Å². The molecular weight excluding hydrogens is 390 g/mol. The van der Waals surface area contributed by atoms with Gasteiger partial charge >= 0.3 is 0 Å². The third-order valence-corrected chi connectivity index (χ3v) is 6.37. The zero-order valence-corrected chi connectivity index (χ0v) is 16.6. The molecule has 7 nitrogen and oxygen atoms in total. The molecule has 0 unspecified atom stereocenters. The van der Waals surface area contributed by atoms with Crippen molar-refractivity contribution in [3.05, 3.63) is 58.6 Å². The summed E-state index contributed by atoms with van der Waals surface area (Å²) in [4.78, 5) is 23.6. The van der Waals surface area contributed by atoms with Crippen LogP contribution in [0.1, 0.15) is 34.6 Å². The second-order valence-electron chi connectivity index (χ2n) is 6.15. The van der Waals surface area contributed by atoms with Gasteiger partial charge in [-0.1, -0.05) is 11.6 Å². The lowest BCUT2D eigenvalue weighted by Crippen LogP contribution is -2.33. The van der Waals surface area contributed by atoms with Crippen molar-refractivity contribution in [1.29, 1.82) is 0 Å². The minimum Gasteiger partial charge on any atom is -0.366 e. The maximum Gasteiger partial charge on any atom is 0.257 e. The van der Waals surface area contributed by atoms with Crippen LogP contribution < -0.4 is 11.1 Å². The van der Waals surface area contributed by atoms with Crippen LogP contribution in [0.5, 0.6) is 0 Å². The van der Waals surface area contributed by atoms with E-state index in [4.69, 9.17) is 17.3 Å². The van der Waals surface area contributed by atoms with Gasteiger partial charge in [-0.15, -0.1) is 0 Å². The molecule has 0 aliphatic carbocycles. The highest BCUT2D eigenvalue weighted by molar-refractivity contribution is 7.89. The molecule has 0 spiro atoms. The smallest absolute Gasteiger partial charge is 0.257 e. The van der Waals surface area contributed by atoms with Gasteiger partial charge in [0.2, 0.25) is 15.9 Å². The molecule has 0 atom stereocenters. The summed E-state index contributed by atoms with van der Waals surface area (Å²) in [7, 11) is -2.29. The molecule has 0 aliphatic rings. The highest BCUT2D eigenvalue weighted by atomic mass is 35.5. The third kappa shape index (κ3) is 4.65. The zero-order valence-electron chi connectivity index (χ0n) is 15.1. The fraction of sp³-hybridized carbons (Fsp3) is 0.222. The second-order valence-corrected chi connectivity index (χ2v) is 8.56. The fourth-order valence-electron chi connectivity index (χ4n) is 2.20. The van der Waals surface area contributed by atoms with Crippen LogP contribution in [-0.2, 0) is 10.0 Å². The van der Waals surface area contributed by atoms with Gasteiger partial charge in [-0.05, 0) is 56.3 Å². The number of rotatable bonds is 6. The molecule has 0 bridgehead atoms. The van der Waals surface area contributed by atoms with Gasteiger partial charge in [-0.25, -0.2) is 8.42 Å². The first kappa shape index (κ1) is 20.9. The number of primary amides is 1. The van der Waals surface area contributed by atoms with Gasteiger partial charge in [0.15, 0.2) is 0 Å². The first-order chi connectivity index (χ1) is 12.5. The number of carbonyl (C=O) groups excluding carboxylic acids is 2. The quantitative estimate of drug-likeness (QED) is 0.764. The Kier molecular flexibility index (Phi) is 6.25. The summed E-state index contributed by atoms with van der Waals surface area (Å²) in [5, 5.41) is 2.73. The summed E-state index contributed by atoms with van der Waals surface area (Å²) in [6.07, 6.45) is 0. The van der Waals surface area contributed by atoms with Crippen molar-refractivity contribution >= 4 is 39.1 Å². The molecule has 27 heavy (non-hydrogen) atoms. The second kappa shape index (κ2) is 8.08. The SMILES string of the molecule is CC(C)N(C)S(=O)(=O)c1ccc(Cl)c(C(=O)Nc2ccc(C(N)=O)cc2)c1. The van der Waals surface area contributed by atoms with Crippen LogP contribution in [0.15, 0.2) is 47.4 Å². The number of hydrogen-bond acceptors (Lipinski definition) is 4. The molecule has 0 fully saturated rings. The first-order valence-corrected chi connectivity index (χ1v) is 9.84. The Balaban J connectivity index is 2.32. The van der Waals surface area contributed by atoms with Crippen molar-refractivity contribution in [3.8, 4) is 0 Å². The van der Waals surface area contributed by atoms with Crippen molar-refractivity contribution in [2.45, 2.75) is 24.8 Å². The molecule has 2 aromatic carbocycles. The van der Waals surface area contributed by atoms with Crippen molar-refractivity contribution in [2.24, 2.45) is 5.73 Å². The van der Waals surface area contributed by atoms with Crippen molar-refractivity contribution < 1.29 is 18.0 Å². The number of carbonyl (C=O) groups is 2. The molecule has 2 rings (SSSR count). The average molecular weight is 410 g/mol. The van der Waals surface area contributed by atoms with Crippen LogP contribution in [-0.4, -0.2) is 37.6 Å². The maximum absolute atomic E-state index is 12.6. The van der Waals surface area contributed by atoms with Gasteiger partial charge in [-0.3, -0.25) is 9.59 Å². The Morgan fingerprint density at radius 2 is 1.70 bits per heavy atom. The number of amides is 2. The predicted octanol–water partition coefficient (Wildman–Crippen LogP) is 2.72. The number of anilines is 1. The summed E-state index contributed by atoms with van der Waals surface area (Å²) in [5.74, 6) is -1.15. The number of sulfonamides is 1. The molecule has 2 amide bonds. The first-order valence-electron chi connectivity index (χ1n) is 8.03. The Morgan fingerprint density at radius 3 is 2.22 bits per heavy atom. The van der Waals surface area contributed by atoms with Crippen LogP contribution >= 0.6 is 11.6 Å². The summed E-state index contributed by atoms with van der Waals surface area (Å²) >= 11 is 6.09. The number of hydrogen-bond donors (Lipinski definition) is 2. The predicted molar refractivity (Wildman–Crippen MR) is 104 cm³/mol. The van der Waals surface area contributed by atoms with E-state index >= 15 is 0 Å². The molecule has 0 aromatic heterocycles. The van der Waals surface area contributed by atoms with Gasteiger partial charge in [0, 0.05) is 24.3 Å². The normalized spacial score (nSPS) is 11.6. The molecule has 3 N–H and O–H groups in total. The molecule has 0 aliphatic heterocycles. The highest BCUT2D eigenvalue weighted by Crippen LogP contribution is 2.24. The number of halogens is 1. The average Bonchev–Trinajstić information content (AvgIpc) is 2.61. The van der Waals surface area contributed by atoms with Crippen LogP contribution in [0.4, 0.5) is 5.69 Å². The molecule has 2 aromatic rings. The van der Waals surface area contributed by atoms with E-state index in [0.29, 0.717) is 11.3 Å². The van der Waals surface area contributed by atoms with Gasteiger partial charge in [0.05, 0.1) is 15.5 Å². The van der Waals surface area contributed by atoms with E-state index < -0.39 is 21.8 Å². The van der Waals surface area contributed by atoms with E-state index in [2.05, 4.69) is 5.32 Å². The standard InChI is InChI=1S/C18H20ClN3O4S/c1-11(2)22(3)27(25,26)14-8-9-16(19)15(10-14)18(24)21-13-6-4-12(5-7-13)17(20)23/h4-11H,1-3H3,(H2,20,23)(H,21,24). The molecule has 0 saturated heterocycles. The monoisotopic (exact) mass is 409 g/mol. The maximum atomic E-state index is 12.6. The van der Waals surface area contributed by atoms with Gasteiger partial charge in [0.1, 0.15) is 0 Å². The van der Waals surface area contributed by atoms with E-state index in [9.17, 15) is 18.0 Å². The summed E-state index contributed by atoms with van der Waals surface area (Å²) < 4.78 is 26.5. The Bertz CT molecular complexity index is 973. The fourth-order valence-corrected chi connectivity index (χ4v) is 3.80. The molecule has 0 radical (unpaired) electrons. The minimum atomic E-state index is -3.76. The lowest BCUT2D eigenvalue weighted by molar-refractivity contribution is 0.0998. The number of nitrogens with one attached hydrogen (secondary N) is 1. The topological polar surface area (TPSA) is 110 Å². The molecule has 0 saturated carbocycles. The number of nitrogens with two attached hydrogens (primary N) is 1. The lowest BCUT2D eigenvalue weighted by Gasteiger charge is -2.21. The van der Waals surface area contributed by atoms with E-state index in [1.807, 2.05) is 0 Å². The van der Waals surface area contributed by atoms with Crippen LogP contribution in [0.2, 0.25) is 5.02 Å². The van der Waals surface area contributed by atoms with E-state index in [0.717, 1.165) is 0 Å². The largest absolute Gasteiger partial charge is 0.366 e. The third-order valence-electron chi connectivity index (χ3n) is 4.01. The van der Waals surface area contributed by atoms with Crippen molar-refractivity contribution in [1.82, 2.24) is 4.31 Å². The molecule has 0 heterocycles. The van der Waals surface area contributed by atoms with Gasteiger partial charge in [0.25, 0.3) is 5.91 Å². The zero-order chi connectivity index (χ0) is 20.4. The van der Waals surface area contributed by atoms with Crippen LogP contribution in [0.3, 0.4) is 0 Å². The number of benzene rings is 2. The Morgan fingerprint density at radius 1 is 1.11 bits per heavy atom. The summed E-state index contributed by atoms with van der Waals surface area (Å²) in [6, 6.07) is 9.69.